The lowest BCUT2D eigenvalue weighted by Gasteiger charge is -2.42. The van der Waals surface area contributed by atoms with Crippen molar-refractivity contribution >= 4 is 11.9 Å². The largest absolute Gasteiger partial charge is 0.465 e. The summed E-state index contributed by atoms with van der Waals surface area (Å²) in [4.78, 5) is 27.7. The van der Waals surface area contributed by atoms with E-state index in [4.69, 9.17) is 0 Å². The summed E-state index contributed by atoms with van der Waals surface area (Å²) in [5.74, 6) is -0.832. The fourth-order valence-corrected chi connectivity index (χ4v) is 5.23. The van der Waals surface area contributed by atoms with Crippen LogP contribution >= 0.6 is 0 Å². The van der Waals surface area contributed by atoms with Gasteiger partial charge in [-0.15, -0.1) is 0 Å². The highest BCUT2D eigenvalue weighted by Crippen LogP contribution is 2.38. The van der Waals surface area contributed by atoms with Gasteiger partial charge in [-0.2, -0.15) is 13.2 Å². The summed E-state index contributed by atoms with van der Waals surface area (Å²) in [5.41, 5.74) is 0.228. The van der Waals surface area contributed by atoms with Gasteiger partial charge in [-0.1, -0.05) is 89.7 Å². The number of hydrogen-bond donors (Lipinski definition) is 1. The van der Waals surface area contributed by atoms with E-state index in [9.17, 15) is 22.8 Å². The van der Waals surface area contributed by atoms with Gasteiger partial charge in [-0.25, -0.2) is 4.79 Å². The molecule has 1 unspecified atom stereocenters. The van der Waals surface area contributed by atoms with Crippen LogP contribution < -0.4 is 5.32 Å². The molecule has 0 aliphatic carbocycles. The van der Waals surface area contributed by atoms with Crippen LogP contribution in [0.5, 0.6) is 0 Å². The van der Waals surface area contributed by atoms with E-state index in [0.717, 1.165) is 19.3 Å². The van der Waals surface area contributed by atoms with Gasteiger partial charge < -0.3 is 10.1 Å². The predicted molar refractivity (Wildman–Crippen MR) is 149 cm³/mol. The summed E-state index contributed by atoms with van der Waals surface area (Å²) >= 11 is 0. The number of unbranched alkanes of at least 4 members (excludes halogenated alkanes) is 11. The topological polar surface area (TPSA) is 61.9 Å². The molecular weight excluding hydrogens is 507 g/mol. The molecule has 1 amide bonds. The first kappa shape index (κ1) is 33.1. The molecule has 1 aromatic carbocycles. The second-order valence-corrected chi connectivity index (χ2v) is 10.7. The number of halogens is 3. The van der Waals surface area contributed by atoms with Crippen molar-refractivity contribution in [1.29, 1.82) is 0 Å². The Bertz CT molecular complexity index is 848. The highest BCUT2D eigenvalue weighted by molar-refractivity contribution is 5.89. The van der Waals surface area contributed by atoms with Crippen molar-refractivity contribution in [1.82, 2.24) is 15.1 Å². The van der Waals surface area contributed by atoms with E-state index in [1.165, 1.54) is 94.1 Å². The number of nitrogens with one attached hydrogen (secondary N) is 1. The Hall–Kier alpha value is -2.13. The number of rotatable bonds is 17. The van der Waals surface area contributed by atoms with Crippen LogP contribution in [0.3, 0.4) is 0 Å². The maximum absolute atomic E-state index is 14.2. The minimum absolute atomic E-state index is 0.0241. The van der Waals surface area contributed by atoms with Gasteiger partial charge >= 0.3 is 12.1 Å². The number of benzene rings is 1. The molecule has 0 aromatic heterocycles. The van der Waals surface area contributed by atoms with Crippen molar-refractivity contribution in [2.24, 2.45) is 0 Å². The van der Waals surface area contributed by atoms with Gasteiger partial charge in [0.25, 0.3) is 0 Å². The van der Waals surface area contributed by atoms with Gasteiger partial charge in [0.05, 0.1) is 12.7 Å². The van der Waals surface area contributed by atoms with Crippen LogP contribution in [0.2, 0.25) is 0 Å². The van der Waals surface area contributed by atoms with E-state index >= 15 is 0 Å². The zero-order valence-corrected chi connectivity index (χ0v) is 24.0. The van der Waals surface area contributed by atoms with Crippen LogP contribution in [0, 0.1) is 0 Å². The molecule has 0 spiro atoms. The highest BCUT2D eigenvalue weighted by atomic mass is 19.4. The number of ether oxygens (including phenoxy) is 1. The molecule has 1 aliphatic rings. The number of methoxy groups -OCH3 is 1. The molecule has 1 heterocycles. The van der Waals surface area contributed by atoms with Gasteiger partial charge in [0.2, 0.25) is 5.91 Å². The SMILES string of the molecule is CCCCCCCCCCCCCCNC(=O)[C@H]1CN(C(c2ccc(C(=O)OC)cc2)C(F)(F)F)CCN1C. The third kappa shape index (κ3) is 11.5. The van der Waals surface area contributed by atoms with Crippen molar-refractivity contribution < 1.29 is 27.5 Å². The fourth-order valence-electron chi connectivity index (χ4n) is 5.23. The van der Waals surface area contributed by atoms with Crippen molar-refractivity contribution in [3.05, 3.63) is 35.4 Å². The molecule has 2 atom stereocenters. The minimum Gasteiger partial charge on any atom is -0.465 e. The number of esters is 1. The molecule has 6 nitrogen and oxygen atoms in total. The maximum Gasteiger partial charge on any atom is 0.408 e. The first-order chi connectivity index (χ1) is 18.7. The third-order valence-corrected chi connectivity index (χ3v) is 7.63. The first-order valence-corrected chi connectivity index (χ1v) is 14.7. The van der Waals surface area contributed by atoms with Gasteiger partial charge in [0.15, 0.2) is 0 Å². The Labute approximate surface area is 232 Å². The monoisotopic (exact) mass is 555 g/mol. The molecule has 39 heavy (non-hydrogen) atoms. The smallest absolute Gasteiger partial charge is 0.408 e. The Morgan fingerprint density at radius 2 is 1.46 bits per heavy atom. The average molecular weight is 556 g/mol. The highest BCUT2D eigenvalue weighted by Gasteiger charge is 2.47. The summed E-state index contributed by atoms with van der Waals surface area (Å²) in [7, 11) is 3.00. The van der Waals surface area contributed by atoms with Gasteiger partial charge in [-0.3, -0.25) is 14.6 Å². The Balaban J connectivity index is 1.77. The van der Waals surface area contributed by atoms with Crippen molar-refractivity contribution in [2.75, 3.05) is 40.3 Å². The standard InChI is InChI=1S/C30H48F3N3O3/c1-4-5-6-7-8-9-10-11-12-13-14-15-20-34-28(37)26-23-36(22-21-35(26)2)27(30(31,32)33)24-16-18-25(19-17-24)29(38)39-3/h16-19,26-27H,4-15,20-23H2,1-3H3,(H,34,37)/t26-,27?/m1/s1. The van der Waals surface area contributed by atoms with E-state index in [-0.39, 0.29) is 30.1 Å². The van der Waals surface area contributed by atoms with E-state index in [1.807, 2.05) is 4.90 Å². The number of alkyl halides is 3. The van der Waals surface area contributed by atoms with E-state index in [1.54, 1.807) is 7.05 Å². The van der Waals surface area contributed by atoms with Crippen LogP contribution in [0.25, 0.3) is 0 Å². The normalized spacial score (nSPS) is 17.6. The van der Waals surface area contributed by atoms with Crippen LogP contribution in [0.1, 0.15) is 106 Å². The van der Waals surface area contributed by atoms with E-state index in [2.05, 4.69) is 17.0 Å². The summed E-state index contributed by atoms with van der Waals surface area (Å²) in [6.07, 6.45) is 10.3. The predicted octanol–water partition coefficient (Wildman–Crippen LogP) is 6.51. The zero-order chi connectivity index (χ0) is 28.7. The number of carbonyl (C=O) groups excluding carboxylic acids is 2. The minimum atomic E-state index is -4.53. The van der Waals surface area contributed by atoms with Crippen molar-refractivity contribution in [2.45, 2.75) is 102 Å². The van der Waals surface area contributed by atoms with Crippen LogP contribution in [0.15, 0.2) is 24.3 Å². The quantitative estimate of drug-likeness (QED) is 0.175. The summed E-state index contributed by atoms with van der Waals surface area (Å²) < 4.78 is 47.2. The van der Waals surface area contributed by atoms with E-state index in [0.29, 0.717) is 13.1 Å². The number of likely N-dealkylation sites (N-methyl/N-ethyl adjacent to an activating group) is 1. The first-order valence-electron chi connectivity index (χ1n) is 14.7. The summed E-state index contributed by atoms with van der Waals surface area (Å²) in [5, 5.41) is 2.94. The van der Waals surface area contributed by atoms with Gasteiger partial charge in [0, 0.05) is 26.2 Å². The van der Waals surface area contributed by atoms with Crippen molar-refractivity contribution in [3.63, 3.8) is 0 Å². The number of carbonyl (C=O) groups is 2. The fraction of sp³-hybridized carbons (Fsp3) is 0.733. The molecule has 1 N–H and O–H groups in total. The molecule has 1 aromatic rings. The molecule has 2 rings (SSSR count). The summed E-state index contributed by atoms with van der Waals surface area (Å²) in [6.45, 7) is 3.28. The second-order valence-electron chi connectivity index (χ2n) is 10.7. The summed E-state index contributed by atoms with van der Waals surface area (Å²) in [6, 6.07) is 2.79. The lowest BCUT2D eigenvalue weighted by Crippen LogP contribution is -2.59. The van der Waals surface area contributed by atoms with Gasteiger partial charge in [0.1, 0.15) is 12.1 Å². The Morgan fingerprint density at radius 3 is 1.97 bits per heavy atom. The van der Waals surface area contributed by atoms with Crippen LogP contribution in [-0.4, -0.2) is 74.2 Å². The van der Waals surface area contributed by atoms with E-state index < -0.39 is 24.2 Å². The molecule has 0 saturated carbocycles. The molecule has 1 saturated heterocycles. The molecule has 9 heteroatoms. The number of nitrogens with zero attached hydrogens (tertiary/aromatic N) is 2. The third-order valence-electron chi connectivity index (χ3n) is 7.63. The lowest BCUT2D eigenvalue weighted by atomic mass is 10.0. The second kappa shape index (κ2) is 17.5. The molecule has 1 aliphatic heterocycles. The number of amides is 1. The molecule has 222 valence electrons. The molecular formula is C30H48F3N3O3. The number of piperazine rings is 1. The van der Waals surface area contributed by atoms with Gasteiger partial charge in [-0.05, 0) is 31.2 Å². The maximum atomic E-state index is 14.2. The molecule has 0 bridgehead atoms. The Kier molecular flexibility index (Phi) is 14.9. The molecule has 1 fully saturated rings. The zero-order valence-electron chi connectivity index (χ0n) is 24.0. The molecule has 0 radical (unpaired) electrons. The Morgan fingerprint density at radius 1 is 0.923 bits per heavy atom. The lowest BCUT2D eigenvalue weighted by molar-refractivity contribution is -0.193. The number of hydrogen-bond acceptors (Lipinski definition) is 5. The van der Waals surface area contributed by atoms with Crippen LogP contribution in [0.4, 0.5) is 13.2 Å². The average Bonchev–Trinajstić information content (AvgIpc) is 2.91. The van der Waals surface area contributed by atoms with Crippen LogP contribution in [-0.2, 0) is 9.53 Å². The van der Waals surface area contributed by atoms with Crippen molar-refractivity contribution in [3.8, 4) is 0 Å².